The van der Waals surface area contributed by atoms with Crippen LogP contribution in [0.3, 0.4) is 0 Å². The number of nitro groups is 1. The Hall–Kier alpha value is -1.99. The van der Waals surface area contributed by atoms with Gasteiger partial charge < -0.3 is 0 Å². The van der Waals surface area contributed by atoms with E-state index in [1.807, 2.05) is 31.2 Å². The first-order valence-corrected chi connectivity index (χ1v) is 7.73. The highest BCUT2D eigenvalue weighted by Crippen LogP contribution is 2.33. The minimum atomic E-state index is -0.402. The maximum atomic E-state index is 10.9. The molecule has 21 heavy (non-hydrogen) atoms. The highest BCUT2D eigenvalue weighted by molar-refractivity contribution is 9.11. The smallest absolute Gasteiger partial charge is 0.258 e. The second-order valence-corrected chi connectivity index (χ2v) is 6.93. The maximum Gasteiger partial charge on any atom is 0.271 e. The van der Waals surface area contributed by atoms with Crippen LogP contribution >= 0.6 is 27.3 Å². The average molecular weight is 364 g/mol. The molecule has 0 aliphatic rings. The van der Waals surface area contributed by atoms with Gasteiger partial charge in [0, 0.05) is 12.1 Å². The molecule has 7 heteroatoms. The topological polar surface area (TPSA) is 61.0 Å². The summed E-state index contributed by atoms with van der Waals surface area (Å²) >= 11 is 5.04. The molecule has 0 amide bonds. The number of aryl methyl sites for hydroxylation is 1. The van der Waals surface area contributed by atoms with Crippen LogP contribution in [0.25, 0.3) is 16.3 Å². The summed E-state index contributed by atoms with van der Waals surface area (Å²) in [4.78, 5) is 11.6. The molecule has 0 aliphatic heterocycles. The van der Waals surface area contributed by atoms with Gasteiger partial charge in [-0.05, 0) is 47.1 Å². The second kappa shape index (κ2) is 5.42. The van der Waals surface area contributed by atoms with Gasteiger partial charge in [0.25, 0.3) is 5.69 Å². The number of non-ortho nitro benzene ring substituents is 1. The van der Waals surface area contributed by atoms with Gasteiger partial charge in [-0.15, -0.1) is 11.3 Å². The van der Waals surface area contributed by atoms with Crippen molar-refractivity contribution in [3.8, 4) is 16.3 Å². The molecule has 0 N–H and O–H groups in total. The van der Waals surface area contributed by atoms with Crippen LogP contribution in [-0.2, 0) is 0 Å². The molecule has 2 heterocycles. The van der Waals surface area contributed by atoms with Gasteiger partial charge in [-0.1, -0.05) is 6.07 Å². The molecule has 0 saturated heterocycles. The number of hydrogen-bond acceptors (Lipinski definition) is 4. The number of rotatable bonds is 3. The zero-order valence-corrected chi connectivity index (χ0v) is 13.4. The number of thiophene rings is 1. The summed E-state index contributed by atoms with van der Waals surface area (Å²) in [6, 6.07) is 12.4. The second-order valence-electron chi connectivity index (χ2n) is 4.46. The lowest BCUT2D eigenvalue weighted by Crippen LogP contribution is -1.99. The van der Waals surface area contributed by atoms with E-state index in [-0.39, 0.29) is 5.69 Å². The van der Waals surface area contributed by atoms with E-state index in [1.54, 1.807) is 22.1 Å². The molecule has 0 fully saturated rings. The Bertz CT molecular complexity index is 825. The monoisotopic (exact) mass is 363 g/mol. The van der Waals surface area contributed by atoms with Crippen LogP contribution in [0.4, 0.5) is 5.69 Å². The Morgan fingerprint density at radius 3 is 2.76 bits per heavy atom. The predicted octanol–water partition coefficient (Wildman–Crippen LogP) is 4.58. The van der Waals surface area contributed by atoms with Gasteiger partial charge in [0.2, 0.25) is 0 Å². The number of nitro benzene ring substituents is 1. The van der Waals surface area contributed by atoms with Crippen LogP contribution in [0.2, 0.25) is 0 Å². The standard InChI is InChI=1S/C14H10BrN3O2S/c1-9-7-12(13-5-6-14(15)21-13)17(16-9)10-3-2-4-11(8-10)18(19)20/h2-8H,1H3. The maximum absolute atomic E-state index is 10.9. The third-order valence-corrected chi connectivity index (χ3v) is 4.59. The van der Waals surface area contributed by atoms with Crippen molar-refractivity contribution >= 4 is 33.0 Å². The molecule has 1 aromatic carbocycles. The molecule has 0 unspecified atom stereocenters. The fourth-order valence-electron chi connectivity index (χ4n) is 2.06. The molecular weight excluding hydrogens is 354 g/mol. The molecular formula is C14H10BrN3O2S. The van der Waals surface area contributed by atoms with Gasteiger partial charge in [-0.25, -0.2) is 4.68 Å². The summed E-state index contributed by atoms with van der Waals surface area (Å²) < 4.78 is 2.77. The van der Waals surface area contributed by atoms with E-state index in [0.29, 0.717) is 5.69 Å². The van der Waals surface area contributed by atoms with E-state index in [0.717, 1.165) is 20.1 Å². The third kappa shape index (κ3) is 2.74. The zero-order valence-electron chi connectivity index (χ0n) is 11.0. The lowest BCUT2D eigenvalue weighted by atomic mass is 10.2. The summed E-state index contributed by atoms with van der Waals surface area (Å²) in [6.07, 6.45) is 0. The van der Waals surface area contributed by atoms with Crippen LogP contribution in [-0.4, -0.2) is 14.7 Å². The fourth-order valence-corrected chi connectivity index (χ4v) is 3.45. The number of nitrogens with zero attached hydrogens (tertiary/aromatic N) is 3. The van der Waals surface area contributed by atoms with Gasteiger partial charge in [0.05, 0.1) is 30.7 Å². The SMILES string of the molecule is Cc1cc(-c2ccc(Br)s2)n(-c2cccc([N+](=O)[O-])c2)n1. The van der Waals surface area contributed by atoms with Crippen molar-refractivity contribution in [3.63, 3.8) is 0 Å². The van der Waals surface area contributed by atoms with Gasteiger partial charge in [-0.2, -0.15) is 5.10 Å². The van der Waals surface area contributed by atoms with Gasteiger partial charge in [-0.3, -0.25) is 10.1 Å². The fraction of sp³-hybridized carbons (Fsp3) is 0.0714. The van der Waals surface area contributed by atoms with E-state index in [9.17, 15) is 10.1 Å². The summed E-state index contributed by atoms with van der Waals surface area (Å²) in [5, 5.41) is 15.4. The van der Waals surface area contributed by atoms with Crippen LogP contribution < -0.4 is 0 Å². The van der Waals surface area contributed by atoms with Crippen LogP contribution in [0, 0.1) is 17.0 Å². The average Bonchev–Trinajstić information content (AvgIpc) is 3.05. The van der Waals surface area contributed by atoms with E-state index in [4.69, 9.17) is 0 Å². The summed E-state index contributed by atoms with van der Waals surface area (Å²) in [6.45, 7) is 1.90. The van der Waals surface area contributed by atoms with Crippen molar-refractivity contribution in [3.05, 3.63) is 62.1 Å². The molecule has 0 atom stereocenters. The Balaban J connectivity index is 2.15. The molecule has 3 aromatic rings. The molecule has 0 bridgehead atoms. The number of aromatic nitrogens is 2. The van der Waals surface area contributed by atoms with Crippen molar-refractivity contribution in [2.24, 2.45) is 0 Å². The summed E-state index contributed by atoms with van der Waals surface area (Å²) in [5.74, 6) is 0. The zero-order chi connectivity index (χ0) is 15.0. The van der Waals surface area contributed by atoms with Gasteiger partial charge >= 0.3 is 0 Å². The third-order valence-electron chi connectivity index (χ3n) is 2.94. The lowest BCUT2D eigenvalue weighted by Gasteiger charge is -2.05. The Labute approximate surface area is 133 Å². The summed E-state index contributed by atoms with van der Waals surface area (Å²) in [7, 11) is 0. The van der Waals surface area contributed by atoms with Crippen LogP contribution in [0.1, 0.15) is 5.69 Å². The number of halogens is 1. The lowest BCUT2D eigenvalue weighted by molar-refractivity contribution is -0.384. The molecule has 0 spiro atoms. The van der Waals surface area contributed by atoms with Crippen molar-refractivity contribution in [1.29, 1.82) is 0 Å². The normalized spacial score (nSPS) is 10.8. The highest BCUT2D eigenvalue weighted by Gasteiger charge is 2.14. The quantitative estimate of drug-likeness (QED) is 0.505. The van der Waals surface area contributed by atoms with Crippen molar-refractivity contribution in [2.75, 3.05) is 0 Å². The number of hydrogen-bond donors (Lipinski definition) is 0. The molecule has 2 aromatic heterocycles. The van der Waals surface area contributed by atoms with Crippen molar-refractivity contribution in [2.45, 2.75) is 6.92 Å². The Kier molecular flexibility index (Phi) is 3.60. The van der Waals surface area contributed by atoms with E-state index in [1.165, 1.54) is 12.1 Å². The summed E-state index contributed by atoms with van der Waals surface area (Å²) in [5.41, 5.74) is 2.51. The van der Waals surface area contributed by atoms with Crippen LogP contribution in [0.15, 0.2) is 46.3 Å². The minimum absolute atomic E-state index is 0.0546. The van der Waals surface area contributed by atoms with E-state index < -0.39 is 4.92 Å². The van der Waals surface area contributed by atoms with Gasteiger partial charge in [0.1, 0.15) is 0 Å². The first-order chi connectivity index (χ1) is 10.0. The first-order valence-electron chi connectivity index (χ1n) is 6.12. The predicted molar refractivity (Wildman–Crippen MR) is 86.0 cm³/mol. The molecule has 0 saturated carbocycles. The van der Waals surface area contributed by atoms with Crippen LogP contribution in [0.5, 0.6) is 0 Å². The van der Waals surface area contributed by atoms with Crippen molar-refractivity contribution in [1.82, 2.24) is 9.78 Å². The molecule has 5 nitrogen and oxygen atoms in total. The molecule has 106 valence electrons. The van der Waals surface area contributed by atoms with E-state index >= 15 is 0 Å². The highest BCUT2D eigenvalue weighted by atomic mass is 79.9. The number of benzene rings is 1. The van der Waals surface area contributed by atoms with Gasteiger partial charge in [0.15, 0.2) is 0 Å². The molecule has 0 radical (unpaired) electrons. The minimum Gasteiger partial charge on any atom is -0.258 e. The molecule has 3 rings (SSSR count). The first kappa shape index (κ1) is 14.0. The Morgan fingerprint density at radius 1 is 1.29 bits per heavy atom. The Morgan fingerprint density at radius 2 is 2.10 bits per heavy atom. The largest absolute Gasteiger partial charge is 0.271 e. The molecule has 0 aliphatic carbocycles. The van der Waals surface area contributed by atoms with E-state index in [2.05, 4.69) is 21.0 Å². The van der Waals surface area contributed by atoms with Crippen molar-refractivity contribution < 1.29 is 4.92 Å².